The molecule has 4 aliphatic heterocycles. The Kier molecular flexibility index (Phi) is 6.62. The molecular formula is C30H37NO6. The number of nitrogens with one attached hydrogen (secondary N) is 1. The summed E-state index contributed by atoms with van der Waals surface area (Å²) < 4.78 is 19.2. The van der Waals surface area contributed by atoms with E-state index in [1.165, 1.54) is 0 Å². The smallest absolute Gasteiger partial charge is 0.251 e. The molecule has 2 aromatic carbocycles. The molecule has 1 aliphatic carbocycles. The minimum absolute atomic E-state index is 0.0942. The van der Waals surface area contributed by atoms with Crippen molar-refractivity contribution in [2.45, 2.75) is 83.6 Å². The Labute approximate surface area is 218 Å². The lowest BCUT2D eigenvalue weighted by atomic mass is 9.58. The second-order valence-corrected chi connectivity index (χ2v) is 11.4. The van der Waals surface area contributed by atoms with Crippen molar-refractivity contribution in [2.24, 2.45) is 23.7 Å². The summed E-state index contributed by atoms with van der Waals surface area (Å²) in [6, 6.07) is 17.4. The molecule has 37 heavy (non-hydrogen) atoms. The maximum absolute atomic E-state index is 12.6. The van der Waals surface area contributed by atoms with Crippen molar-refractivity contribution in [1.82, 2.24) is 5.32 Å². The van der Waals surface area contributed by atoms with Crippen molar-refractivity contribution in [3.63, 3.8) is 0 Å². The van der Waals surface area contributed by atoms with E-state index in [4.69, 9.17) is 24.0 Å². The average Bonchev–Trinajstić information content (AvgIpc) is 3.15. The Morgan fingerprint density at radius 3 is 2.54 bits per heavy atom. The average molecular weight is 508 g/mol. The number of rotatable bonds is 6. The van der Waals surface area contributed by atoms with Crippen LogP contribution < -0.4 is 5.32 Å². The molecule has 7 heteroatoms. The van der Waals surface area contributed by atoms with Gasteiger partial charge in [-0.15, -0.1) is 0 Å². The van der Waals surface area contributed by atoms with Gasteiger partial charge >= 0.3 is 0 Å². The minimum Gasteiger partial charge on any atom is -0.348 e. The molecule has 1 spiro atoms. The summed E-state index contributed by atoms with van der Waals surface area (Å²) in [7, 11) is 0. The van der Waals surface area contributed by atoms with Crippen LogP contribution in [0.5, 0.6) is 0 Å². The van der Waals surface area contributed by atoms with E-state index in [-0.39, 0.29) is 17.7 Å². The maximum atomic E-state index is 12.6. The van der Waals surface area contributed by atoms with Crippen LogP contribution in [0.15, 0.2) is 54.6 Å². The van der Waals surface area contributed by atoms with Crippen molar-refractivity contribution in [1.29, 1.82) is 0 Å². The molecule has 7 rings (SSSR count). The van der Waals surface area contributed by atoms with Gasteiger partial charge in [0.2, 0.25) is 5.79 Å². The van der Waals surface area contributed by atoms with E-state index >= 15 is 0 Å². The molecule has 8 atom stereocenters. The van der Waals surface area contributed by atoms with Gasteiger partial charge in [0, 0.05) is 30.4 Å². The zero-order valence-electron chi connectivity index (χ0n) is 21.9. The van der Waals surface area contributed by atoms with Crippen LogP contribution in [-0.4, -0.2) is 29.9 Å². The highest BCUT2D eigenvalue weighted by molar-refractivity contribution is 5.94. The minimum atomic E-state index is -0.792. The molecule has 0 radical (unpaired) electrons. The fraction of sp³-hybridized carbons (Fsp3) is 0.567. The first-order chi connectivity index (χ1) is 17.9. The monoisotopic (exact) mass is 507 g/mol. The van der Waals surface area contributed by atoms with Crippen molar-refractivity contribution in [3.8, 4) is 0 Å². The predicted octanol–water partition coefficient (Wildman–Crippen LogP) is 5.34. The number of amides is 1. The first-order valence-corrected chi connectivity index (χ1v) is 13.6. The molecule has 198 valence electrons. The lowest BCUT2D eigenvalue weighted by Gasteiger charge is -2.60. The number of benzene rings is 2. The Hall–Kier alpha value is -2.29. The molecule has 0 aromatic heterocycles. The second kappa shape index (κ2) is 9.79. The third kappa shape index (κ3) is 4.51. The predicted molar refractivity (Wildman–Crippen MR) is 136 cm³/mol. The zero-order valence-corrected chi connectivity index (χ0v) is 21.9. The molecule has 2 bridgehead atoms. The highest BCUT2D eigenvalue weighted by Crippen LogP contribution is 2.60. The second-order valence-electron chi connectivity index (χ2n) is 11.4. The Morgan fingerprint density at radius 2 is 1.76 bits per heavy atom. The van der Waals surface area contributed by atoms with Gasteiger partial charge in [-0.25, -0.2) is 9.78 Å². The maximum Gasteiger partial charge on any atom is 0.251 e. The number of carbonyl (C=O) groups excluding carboxylic acids is 1. The van der Waals surface area contributed by atoms with Crippen LogP contribution in [0.25, 0.3) is 0 Å². The number of carbonyl (C=O) groups is 1. The molecule has 4 saturated heterocycles. The molecule has 1 saturated carbocycles. The SMILES string of the molecule is C[C@@H]1CCC2[C@@H](C)[C@@H](OCc3ccc(C(=O)NCc4ccccc4)cc3)O[C@H]3O[C@@]4(C)CCC1[C@@]23OO4. The number of fused-ring (bicyclic) bond motifs is 2. The standard InChI is InChI=1S/C30H37NO6/c1-19-9-14-25-20(2)27(34-28-30(25)24(19)15-16-29(3,35-28)36-37-30)33-18-22-10-12-23(13-11-22)26(32)31-17-21-7-5-4-6-8-21/h4-8,10-13,19-20,24-25,27-28H,9,14-18H2,1-3H3,(H,31,32)/t19-,20-,24?,25?,27+,28+,29-,30-/m1/s1. The van der Waals surface area contributed by atoms with Crippen LogP contribution in [0, 0.1) is 23.7 Å². The fourth-order valence-electron chi connectivity index (χ4n) is 6.87. The Bertz CT molecular complexity index is 1110. The van der Waals surface area contributed by atoms with Gasteiger partial charge in [-0.05, 0) is 61.3 Å². The summed E-state index contributed by atoms with van der Waals surface area (Å²) in [5.41, 5.74) is 2.10. The van der Waals surface area contributed by atoms with Gasteiger partial charge in [0.15, 0.2) is 18.2 Å². The third-order valence-corrected chi connectivity index (χ3v) is 9.02. The lowest BCUT2D eigenvalue weighted by molar-refractivity contribution is -0.577. The van der Waals surface area contributed by atoms with Gasteiger partial charge in [-0.3, -0.25) is 4.79 Å². The van der Waals surface area contributed by atoms with E-state index in [2.05, 4.69) is 19.2 Å². The normalized spacial score (nSPS) is 38.5. The highest BCUT2D eigenvalue weighted by Gasteiger charge is 2.69. The van der Waals surface area contributed by atoms with Crippen molar-refractivity contribution >= 4 is 5.91 Å². The van der Waals surface area contributed by atoms with Gasteiger partial charge in [-0.2, -0.15) is 0 Å². The molecular weight excluding hydrogens is 470 g/mol. The molecule has 7 nitrogen and oxygen atoms in total. The largest absolute Gasteiger partial charge is 0.348 e. The van der Waals surface area contributed by atoms with E-state index in [1.807, 2.05) is 61.5 Å². The Balaban J connectivity index is 1.10. The van der Waals surface area contributed by atoms with Crippen molar-refractivity contribution < 1.29 is 28.8 Å². The van der Waals surface area contributed by atoms with Crippen molar-refractivity contribution in [2.75, 3.05) is 0 Å². The molecule has 1 N–H and O–H groups in total. The van der Waals surface area contributed by atoms with Crippen molar-refractivity contribution in [3.05, 3.63) is 71.3 Å². The van der Waals surface area contributed by atoms with Crippen LogP contribution in [0.3, 0.4) is 0 Å². The lowest BCUT2D eigenvalue weighted by Crippen LogP contribution is -2.70. The van der Waals surface area contributed by atoms with Gasteiger partial charge < -0.3 is 19.5 Å². The Morgan fingerprint density at radius 1 is 0.973 bits per heavy atom. The van der Waals surface area contributed by atoms with Gasteiger partial charge in [0.1, 0.15) is 0 Å². The van der Waals surface area contributed by atoms with Gasteiger partial charge in [0.25, 0.3) is 5.91 Å². The van der Waals surface area contributed by atoms with E-state index < -0.39 is 24.0 Å². The van der Waals surface area contributed by atoms with Gasteiger partial charge in [0.05, 0.1) is 6.61 Å². The van der Waals surface area contributed by atoms with Crippen LogP contribution in [0.1, 0.15) is 67.9 Å². The first-order valence-electron chi connectivity index (χ1n) is 13.6. The highest BCUT2D eigenvalue weighted by atomic mass is 17.3. The molecule has 1 amide bonds. The molecule has 2 unspecified atom stereocenters. The summed E-state index contributed by atoms with van der Waals surface area (Å²) in [6.45, 7) is 7.33. The van der Waals surface area contributed by atoms with Crippen LogP contribution in [-0.2, 0) is 37.1 Å². The zero-order chi connectivity index (χ0) is 25.6. The van der Waals surface area contributed by atoms with Gasteiger partial charge in [-0.1, -0.05) is 56.3 Å². The first kappa shape index (κ1) is 25.0. The topological polar surface area (TPSA) is 75.3 Å². The summed E-state index contributed by atoms with van der Waals surface area (Å²) in [4.78, 5) is 24.7. The van der Waals surface area contributed by atoms with Crippen LogP contribution in [0.2, 0.25) is 0 Å². The molecule has 4 heterocycles. The van der Waals surface area contributed by atoms with E-state index in [0.717, 1.165) is 36.8 Å². The molecule has 5 fully saturated rings. The van der Waals surface area contributed by atoms with E-state index in [1.54, 1.807) is 0 Å². The number of ether oxygens (including phenoxy) is 3. The summed E-state index contributed by atoms with van der Waals surface area (Å²) in [5.74, 6) is 0.343. The van der Waals surface area contributed by atoms with E-state index in [9.17, 15) is 4.79 Å². The fourth-order valence-corrected chi connectivity index (χ4v) is 6.87. The van der Waals surface area contributed by atoms with E-state index in [0.29, 0.717) is 30.6 Å². The molecule has 2 aromatic rings. The number of hydrogen-bond donors (Lipinski definition) is 1. The quantitative estimate of drug-likeness (QED) is 0.532. The summed E-state index contributed by atoms with van der Waals surface area (Å²) in [5, 5.41) is 2.97. The van der Waals surface area contributed by atoms with Crippen LogP contribution in [0.4, 0.5) is 0 Å². The number of hydrogen-bond acceptors (Lipinski definition) is 6. The summed E-state index contributed by atoms with van der Waals surface area (Å²) in [6.07, 6.45) is 3.08. The van der Waals surface area contributed by atoms with Crippen LogP contribution >= 0.6 is 0 Å². The summed E-state index contributed by atoms with van der Waals surface area (Å²) >= 11 is 0. The third-order valence-electron chi connectivity index (χ3n) is 9.02. The molecule has 5 aliphatic rings.